The minimum Gasteiger partial charge on any atom is -0.393 e. The Morgan fingerprint density at radius 2 is 1.21 bits per heavy atom. The average Bonchev–Trinajstić information content (AvgIpc) is 2.62. The van der Waals surface area contributed by atoms with Gasteiger partial charge in [-0.15, -0.1) is 0 Å². The molecule has 0 amide bonds. The van der Waals surface area contributed by atoms with Crippen molar-refractivity contribution in [2.75, 3.05) is 0 Å². The number of aliphatic hydroxyl groups is 5. The number of hydrogen-bond acceptors (Lipinski definition) is 6. The largest absolute Gasteiger partial charge is 0.393 e. The highest BCUT2D eigenvalue weighted by Gasteiger charge is 2.25. The Labute approximate surface area is 172 Å². The summed E-state index contributed by atoms with van der Waals surface area (Å²) in [7, 11) is 0. The maximum absolute atomic E-state index is 10.3. The smallest absolute Gasteiger partial charge is 0.0824 e. The molecule has 0 heterocycles. The summed E-state index contributed by atoms with van der Waals surface area (Å²) in [6.45, 7) is 7.81. The van der Waals surface area contributed by atoms with Gasteiger partial charge in [0.1, 0.15) is 0 Å². The van der Waals surface area contributed by atoms with E-state index in [2.05, 4.69) is 6.92 Å². The number of aliphatic hydroxyl groups excluding tert-OH is 5. The highest BCUT2D eigenvalue weighted by Crippen LogP contribution is 2.22. The number of unbranched alkanes of at least 4 members (excludes halogenated alkanes) is 2. The van der Waals surface area contributed by atoms with Crippen LogP contribution in [0.25, 0.3) is 0 Å². The molecule has 0 spiro atoms. The van der Waals surface area contributed by atoms with Crippen molar-refractivity contribution < 1.29 is 25.5 Å². The van der Waals surface area contributed by atoms with Gasteiger partial charge in [-0.25, -0.2) is 0 Å². The van der Waals surface area contributed by atoms with Crippen molar-refractivity contribution in [1.82, 2.24) is 0 Å². The van der Waals surface area contributed by atoms with Gasteiger partial charge in [0.2, 0.25) is 0 Å². The fourth-order valence-corrected chi connectivity index (χ4v) is 3.68. The SMILES string of the molecule is CCCC[C@@H](C)[C@H](O)[C@@H](O)C[C@@H](C)C[C@@H](O)CCCC[C@@H](O)C[C@H](O)[C@H](C)N. The first-order chi connectivity index (χ1) is 13.1. The summed E-state index contributed by atoms with van der Waals surface area (Å²) >= 11 is 0. The van der Waals surface area contributed by atoms with Crippen LogP contribution in [0.5, 0.6) is 0 Å². The van der Waals surface area contributed by atoms with E-state index in [1.54, 1.807) is 6.92 Å². The van der Waals surface area contributed by atoms with Gasteiger partial charge in [-0.1, -0.05) is 46.5 Å². The molecule has 0 unspecified atom stereocenters. The highest BCUT2D eigenvalue weighted by atomic mass is 16.3. The van der Waals surface area contributed by atoms with Crippen LogP contribution in [-0.2, 0) is 0 Å². The van der Waals surface area contributed by atoms with Gasteiger partial charge in [-0.3, -0.25) is 0 Å². The summed E-state index contributed by atoms with van der Waals surface area (Å²) in [5, 5.41) is 50.3. The normalized spacial score (nSPS) is 20.8. The lowest BCUT2D eigenvalue weighted by Gasteiger charge is -2.26. The van der Waals surface area contributed by atoms with Gasteiger partial charge in [0, 0.05) is 12.5 Å². The van der Waals surface area contributed by atoms with E-state index in [0.29, 0.717) is 25.7 Å². The van der Waals surface area contributed by atoms with Crippen molar-refractivity contribution in [3.8, 4) is 0 Å². The van der Waals surface area contributed by atoms with Crippen LogP contribution in [0.1, 0.15) is 91.9 Å². The first kappa shape index (κ1) is 27.8. The predicted octanol–water partition coefficient (Wildman–Crippen LogP) is 2.33. The van der Waals surface area contributed by atoms with Crippen molar-refractivity contribution in [1.29, 1.82) is 0 Å². The molecule has 0 saturated heterocycles. The van der Waals surface area contributed by atoms with E-state index in [0.717, 1.165) is 32.1 Å². The zero-order chi connectivity index (χ0) is 21.7. The maximum Gasteiger partial charge on any atom is 0.0824 e. The Morgan fingerprint density at radius 3 is 1.71 bits per heavy atom. The van der Waals surface area contributed by atoms with Crippen LogP contribution in [-0.4, -0.2) is 62.1 Å². The molecule has 6 nitrogen and oxygen atoms in total. The van der Waals surface area contributed by atoms with Crippen molar-refractivity contribution in [3.05, 3.63) is 0 Å². The molecule has 0 rings (SSSR count). The van der Waals surface area contributed by atoms with Crippen LogP contribution >= 0.6 is 0 Å². The molecule has 0 fully saturated rings. The second-order valence-corrected chi connectivity index (χ2v) is 9.01. The van der Waals surface area contributed by atoms with Gasteiger partial charge in [0.15, 0.2) is 0 Å². The third-order valence-corrected chi connectivity index (χ3v) is 5.75. The van der Waals surface area contributed by atoms with Crippen LogP contribution in [0.2, 0.25) is 0 Å². The maximum atomic E-state index is 10.3. The van der Waals surface area contributed by atoms with E-state index < -0.39 is 30.5 Å². The number of nitrogens with two attached hydrogens (primary N) is 1. The fourth-order valence-electron chi connectivity index (χ4n) is 3.68. The number of rotatable bonds is 17. The molecular formula is C22H47NO5. The Hall–Kier alpha value is -0.240. The van der Waals surface area contributed by atoms with Crippen LogP contribution < -0.4 is 5.73 Å². The lowest BCUT2D eigenvalue weighted by atomic mass is 9.88. The molecular weight excluding hydrogens is 358 g/mol. The third-order valence-electron chi connectivity index (χ3n) is 5.75. The van der Waals surface area contributed by atoms with E-state index in [9.17, 15) is 25.5 Å². The second kappa shape index (κ2) is 15.6. The van der Waals surface area contributed by atoms with Gasteiger partial charge in [0.05, 0.1) is 30.5 Å². The molecule has 0 aromatic heterocycles. The Kier molecular flexibility index (Phi) is 15.4. The quantitative estimate of drug-likeness (QED) is 0.206. The standard InChI is InChI=1S/C22H47NO5/c1-5-6-9-16(3)22(28)21(27)13-15(2)12-18(24)10-7-8-11-19(25)14-20(26)17(4)23/h15-22,24-28H,5-14,23H2,1-4H3/t15-,16+,17-,18-,19+,20-,21-,22-/m0/s1. The summed E-state index contributed by atoms with van der Waals surface area (Å²) in [5.41, 5.74) is 5.59. The molecule has 0 aromatic rings. The fraction of sp³-hybridized carbons (Fsp3) is 1.00. The Balaban J connectivity index is 3.98. The first-order valence-corrected chi connectivity index (χ1v) is 11.2. The number of hydrogen-bond donors (Lipinski definition) is 6. The van der Waals surface area contributed by atoms with E-state index >= 15 is 0 Å². The van der Waals surface area contributed by atoms with Gasteiger partial charge < -0.3 is 31.3 Å². The van der Waals surface area contributed by atoms with Crippen molar-refractivity contribution in [3.63, 3.8) is 0 Å². The molecule has 8 atom stereocenters. The topological polar surface area (TPSA) is 127 Å². The molecule has 0 aromatic carbocycles. The third kappa shape index (κ3) is 13.1. The summed E-state index contributed by atoms with van der Waals surface area (Å²) < 4.78 is 0. The van der Waals surface area contributed by atoms with Crippen molar-refractivity contribution in [2.24, 2.45) is 17.6 Å². The predicted molar refractivity (Wildman–Crippen MR) is 114 cm³/mol. The monoisotopic (exact) mass is 405 g/mol. The zero-order valence-corrected chi connectivity index (χ0v) is 18.5. The van der Waals surface area contributed by atoms with E-state index in [1.807, 2.05) is 13.8 Å². The van der Waals surface area contributed by atoms with E-state index in [1.165, 1.54) is 0 Å². The average molecular weight is 406 g/mol. The lowest BCUT2D eigenvalue weighted by molar-refractivity contribution is -0.0288. The van der Waals surface area contributed by atoms with E-state index in [-0.39, 0.29) is 24.3 Å². The van der Waals surface area contributed by atoms with Crippen molar-refractivity contribution in [2.45, 2.75) is 128 Å². The Bertz CT molecular complexity index is 369. The molecule has 0 aliphatic heterocycles. The minimum absolute atomic E-state index is 0.0827. The second-order valence-electron chi connectivity index (χ2n) is 9.01. The molecule has 0 radical (unpaired) electrons. The first-order valence-electron chi connectivity index (χ1n) is 11.2. The molecule has 7 N–H and O–H groups in total. The molecule has 0 aliphatic carbocycles. The molecule has 0 aliphatic rings. The van der Waals surface area contributed by atoms with Crippen LogP contribution in [0, 0.1) is 11.8 Å². The molecule has 0 bridgehead atoms. The molecule has 0 saturated carbocycles. The lowest BCUT2D eigenvalue weighted by Crippen LogP contribution is -2.34. The van der Waals surface area contributed by atoms with Gasteiger partial charge in [-0.05, 0) is 50.9 Å². The van der Waals surface area contributed by atoms with Crippen LogP contribution in [0.3, 0.4) is 0 Å². The summed E-state index contributed by atoms with van der Waals surface area (Å²) in [5.74, 6) is 0.212. The van der Waals surface area contributed by atoms with Gasteiger partial charge >= 0.3 is 0 Å². The zero-order valence-electron chi connectivity index (χ0n) is 18.5. The molecule has 28 heavy (non-hydrogen) atoms. The van der Waals surface area contributed by atoms with Gasteiger partial charge in [0.25, 0.3) is 0 Å². The molecule has 170 valence electrons. The van der Waals surface area contributed by atoms with E-state index in [4.69, 9.17) is 5.73 Å². The summed E-state index contributed by atoms with van der Waals surface area (Å²) in [6, 6.07) is -0.346. The summed E-state index contributed by atoms with van der Waals surface area (Å²) in [6.07, 6.45) is 4.10. The van der Waals surface area contributed by atoms with Crippen LogP contribution in [0.15, 0.2) is 0 Å². The minimum atomic E-state index is -0.749. The summed E-state index contributed by atoms with van der Waals surface area (Å²) in [4.78, 5) is 0. The van der Waals surface area contributed by atoms with Crippen LogP contribution in [0.4, 0.5) is 0 Å². The molecule has 6 heteroatoms. The van der Waals surface area contributed by atoms with Gasteiger partial charge in [-0.2, -0.15) is 0 Å². The Morgan fingerprint density at radius 1 is 0.679 bits per heavy atom. The highest BCUT2D eigenvalue weighted by molar-refractivity contribution is 4.76. The van der Waals surface area contributed by atoms with Crippen molar-refractivity contribution >= 4 is 0 Å².